The van der Waals surface area contributed by atoms with Crippen molar-refractivity contribution in [1.82, 2.24) is 0 Å². The van der Waals surface area contributed by atoms with E-state index in [-0.39, 0.29) is 0 Å². The molecule has 2 rings (SSSR count). The minimum atomic E-state index is 0.524. The Bertz CT molecular complexity index is 726. The van der Waals surface area contributed by atoms with Crippen LogP contribution in [0, 0.1) is 22.7 Å². The molecule has 0 saturated heterocycles. The first kappa shape index (κ1) is 14.4. The number of hydrogen-bond acceptors (Lipinski definition) is 4. The predicted molar refractivity (Wildman–Crippen MR) is 81.0 cm³/mol. The van der Waals surface area contributed by atoms with Crippen LogP contribution in [0.2, 0.25) is 0 Å². The molecule has 0 aromatic heterocycles. The second-order valence-corrected chi connectivity index (χ2v) is 4.66. The van der Waals surface area contributed by atoms with Gasteiger partial charge in [0.15, 0.2) is 0 Å². The van der Waals surface area contributed by atoms with Crippen molar-refractivity contribution in [3.05, 3.63) is 59.2 Å². The summed E-state index contributed by atoms with van der Waals surface area (Å²) in [5.74, 6) is 0.578. The molecule has 0 aliphatic carbocycles. The Kier molecular flexibility index (Phi) is 4.43. The van der Waals surface area contributed by atoms with Gasteiger partial charge in [0.25, 0.3) is 0 Å². The summed E-state index contributed by atoms with van der Waals surface area (Å²) < 4.78 is 5.22. The summed E-state index contributed by atoms with van der Waals surface area (Å²) in [6.07, 6.45) is 0. The van der Waals surface area contributed by atoms with Crippen LogP contribution in [0.1, 0.15) is 16.7 Å². The normalized spacial score (nSPS) is 9.52. The van der Waals surface area contributed by atoms with Gasteiger partial charge in [-0.15, -0.1) is 0 Å². The Morgan fingerprint density at radius 2 is 1.90 bits per heavy atom. The topological polar surface area (TPSA) is 60.0 Å². The van der Waals surface area contributed by atoms with Crippen molar-refractivity contribution >= 4 is 5.69 Å². The summed E-state index contributed by atoms with van der Waals surface area (Å²) >= 11 is 0. The number of nitriles is 2. The van der Waals surface area contributed by atoms with Gasteiger partial charge in [-0.3, -0.25) is 0 Å². The van der Waals surface area contributed by atoms with Crippen LogP contribution in [0.5, 0.6) is 5.75 Å². The Balaban J connectivity index is 2.21. The molecule has 21 heavy (non-hydrogen) atoms. The van der Waals surface area contributed by atoms with Gasteiger partial charge in [0, 0.05) is 19.3 Å². The number of anilines is 1. The van der Waals surface area contributed by atoms with Crippen LogP contribution >= 0.6 is 0 Å². The van der Waals surface area contributed by atoms with Gasteiger partial charge in [-0.25, -0.2) is 0 Å². The molecule has 2 aromatic rings. The van der Waals surface area contributed by atoms with E-state index in [0.29, 0.717) is 23.4 Å². The predicted octanol–water partition coefficient (Wildman–Crippen LogP) is 3.07. The van der Waals surface area contributed by atoms with E-state index in [9.17, 15) is 0 Å². The molecule has 0 spiro atoms. The molecule has 104 valence electrons. The van der Waals surface area contributed by atoms with E-state index in [1.54, 1.807) is 19.2 Å². The maximum atomic E-state index is 8.99. The molecule has 0 saturated carbocycles. The summed E-state index contributed by atoms with van der Waals surface area (Å²) in [6.45, 7) is 0.664. The van der Waals surface area contributed by atoms with Gasteiger partial charge in [-0.2, -0.15) is 10.5 Å². The maximum absolute atomic E-state index is 8.99. The standard InChI is InChI=1S/C17H15N3O/c1-20(16-5-3-4-13(8-16)10-18)12-14-6-7-15(11-19)17(9-14)21-2/h3-9H,12H2,1-2H3. The van der Waals surface area contributed by atoms with Crippen molar-refractivity contribution in [2.75, 3.05) is 19.1 Å². The summed E-state index contributed by atoms with van der Waals surface area (Å²) in [5, 5.41) is 17.9. The molecule has 0 atom stereocenters. The molecule has 0 unspecified atom stereocenters. The smallest absolute Gasteiger partial charge is 0.136 e. The summed E-state index contributed by atoms with van der Waals surface area (Å²) in [4.78, 5) is 2.04. The van der Waals surface area contributed by atoms with Gasteiger partial charge in [0.1, 0.15) is 11.8 Å². The first-order valence-corrected chi connectivity index (χ1v) is 6.46. The van der Waals surface area contributed by atoms with Crippen LogP contribution in [0.25, 0.3) is 0 Å². The zero-order chi connectivity index (χ0) is 15.2. The lowest BCUT2D eigenvalue weighted by Gasteiger charge is -2.20. The highest BCUT2D eigenvalue weighted by Gasteiger charge is 2.07. The third-order valence-corrected chi connectivity index (χ3v) is 3.22. The number of rotatable bonds is 4. The molecule has 0 N–H and O–H groups in total. The van der Waals surface area contributed by atoms with Gasteiger partial charge >= 0.3 is 0 Å². The van der Waals surface area contributed by atoms with E-state index < -0.39 is 0 Å². The number of hydrogen-bond donors (Lipinski definition) is 0. The zero-order valence-corrected chi connectivity index (χ0v) is 12.0. The fourth-order valence-corrected chi connectivity index (χ4v) is 2.10. The van der Waals surface area contributed by atoms with Crippen molar-refractivity contribution in [2.45, 2.75) is 6.54 Å². The van der Waals surface area contributed by atoms with E-state index in [0.717, 1.165) is 11.3 Å². The van der Waals surface area contributed by atoms with Gasteiger partial charge in [0.05, 0.1) is 24.3 Å². The monoisotopic (exact) mass is 277 g/mol. The molecule has 0 aliphatic rings. The number of methoxy groups -OCH3 is 1. The third kappa shape index (κ3) is 3.32. The molecular weight excluding hydrogens is 262 g/mol. The van der Waals surface area contributed by atoms with Gasteiger partial charge in [-0.1, -0.05) is 12.1 Å². The number of benzene rings is 2. The minimum absolute atomic E-state index is 0.524. The average Bonchev–Trinajstić information content (AvgIpc) is 2.54. The maximum Gasteiger partial charge on any atom is 0.136 e. The largest absolute Gasteiger partial charge is 0.495 e. The molecule has 0 bridgehead atoms. The first-order valence-electron chi connectivity index (χ1n) is 6.46. The Labute approximate surface area is 124 Å². The van der Waals surface area contributed by atoms with Crippen molar-refractivity contribution in [2.24, 2.45) is 0 Å². The molecule has 4 nitrogen and oxygen atoms in total. The molecule has 0 aliphatic heterocycles. The molecule has 0 radical (unpaired) electrons. The van der Waals surface area contributed by atoms with Crippen molar-refractivity contribution < 1.29 is 4.74 Å². The van der Waals surface area contributed by atoms with Crippen LogP contribution in [-0.2, 0) is 6.54 Å². The second kappa shape index (κ2) is 6.45. The number of ether oxygens (including phenoxy) is 1. The quantitative estimate of drug-likeness (QED) is 0.861. The molecular formula is C17H15N3O. The Hall–Kier alpha value is -2.98. The Morgan fingerprint density at radius 1 is 1.10 bits per heavy atom. The highest BCUT2D eigenvalue weighted by Crippen LogP contribution is 2.22. The van der Waals surface area contributed by atoms with Crippen molar-refractivity contribution in [1.29, 1.82) is 10.5 Å². The first-order chi connectivity index (χ1) is 10.2. The highest BCUT2D eigenvalue weighted by atomic mass is 16.5. The summed E-state index contributed by atoms with van der Waals surface area (Å²) in [6, 6.07) is 17.2. The van der Waals surface area contributed by atoms with E-state index in [2.05, 4.69) is 12.1 Å². The summed E-state index contributed by atoms with van der Waals surface area (Å²) in [7, 11) is 3.52. The molecule has 0 heterocycles. The summed E-state index contributed by atoms with van der Waals surface area (Å²) in [5.41, 5.74) is 3.17. The lowest BCUT2D eigenvalue weighted by atomic mass is 10.1. The third-order valence-electron chi connectivity index (χ3n) is 3.22. The molecule has 0 fully saturated rings. The van der Waals surface area contributed by atoms with Crippen LogP contribution < -0.4 is 9.64 Å². The lowest BCUT2D eigenvalue weighted by molar-refractivity contribution is 0.413. The zero-order valence-electron chi connectivity index (χ0n) is 12.0. The SMILES string of the molecule is COc1cc(CN(C)c2cccc(C#N)c2)ccc1C#N. The van der Waals surface area contributed by atoms with E-state index in [4.69, 9.17) is 15.3 Å². The number of nitrogens with zero attached hydrogens (tertiary/aromatic N) is 3. The van der Waals surface area contributed by atoms with Crippen LogP contribution in [0.15, 0.2) is 42.5 Å². The van der Waals surface area contributed by atoms with Gasteiger partial charge in [-0.05, 0) is 35.9 Å². The van der Waals surface area contributed by atoms with E-state index in [1.807, 2.05) is 42.3 Å². The molecule has 2 aromatic carbocycles. The van der Waals surface area contributed by atoms with Crippen molar-refractivity contribution in [3.8, 4) is 17.9 Å². The van der Waals surface area contributed by atoms with E-state index >= 15 is 0 Å². The van der Waals surface area contributed by atoms with Gasteiger partial charge < -0.3 is 9.64 Å². The molecule has 4 heteroatoms. The van der Waals surface area contributed by atoms with Crippen LogP contribution in [-0.4, -0.2) is 14.2 Å². The lowest BCUT2D eigenvalue weighted by Crippen LogP contribution is -2.16. The van der Waals surface area contributed by atoms with Crippen molar-refractivity contribution in [3.63, 3.8) is 0 Å². The van der Waals surface area contributed by atoms with Gasteiger partial charge in [0.2, 0.25) is 0 Å². The highest BCUT2D eigenvalue weighted by molar-refractivity contribution is 5.52. The fourth-order valence-electron chi connectivity index (χ4n) is 2.10. The Morgan fingerprint density at radius 3 is 2.57 bits per heavy atom. The van der Waals surface area contributed by atoms with Crippen LogP contribution in [0.4, 0.5) is 5.69 Å². The van der Waals surface area contributed by atoms with E-state index in [1.165, 1.54) is 0 Å². The van der Waals surface area contributed by atoms with Crippen LogP contribution in [0.3, 0.4) is 0 Å². The second-order valence-electron chi connectivity index (χ2n) is 4.66. The minimum Gasteiger partial charge on any atom is -0.495 e. The fraction of sp³-hybridized carbons (Fsp3) is 0.176. The average molecular weight is 277 g/mol. The molecule has 0 amide bonds.